The molecule has 6 nitrogen and oxygen atoms in total. The number of nitrogens with one attached hydrogen (secondary N) is 1. The van der Waals surface area contributed by atoms with Crippen LogP contribution in [-0.4, -0.2) is 64.2 Å². The lowest BCUT2D eigenvalue weighted by Gasteiger charge is -2.37. The minimum Gasteiger partial charge on any atom is -0.393 e. The van der Waals surface area contributed by atoms with Crippen LogP contribution in [-0.2, 0) is 4.79 Å². The Balaban J connectivity index is 1.37. The van der Waals surface area contributed by atoms with E-state index in [0.29, 0.717) is 18.5 Å². The molecule has 4 fully saturated rings. The average molecular weight is 349 g/mol. The first-order valence-electron chi connectivity index (χ1n) is 10.2. The van der Waals surface area contributed by atoms with E-state index >= 15 is 0 Å². The molecule has 0 aromatic rings. The Morgan fingerprint density at radius 1 is 1.00 bits per heavy atom. The Labute approximate surface area is 149 Å². The number of urea groups is 1. The molecule has 6 heteroatoms. The Hall–Kier alpha value is -1.14. The number of hydrogen-bond donors (Lipinski definition) is 2. The Morgan fingerprint density at radius 2 is 1.76 bits per heavy atom. The van der Waals surface area contributed by atoms with Crippen LogP contribution in [0.3, 0.4) is 0 Å². The van der Waals surface area contributed by atoms with Crippen LogP contribution in [0.5, 0.6) is 0 Å². The lowest BCUT2D eigenvalue weighted by Crippen LogP contribution is -2.47. The number of likely N-dealkylation sites (tertiary alicyclic amines) is 1. The van der Waals surface area contributed by atoms with Crippen LogP contribution < -0.4 is 5.32 Å². The molecule has 3 atom stereocenters. The summed E-state index contributed by atoms with van der Waals surface area (Å²) in [6.45, 7) is 2.23. The topological polar surface area (TPSA) is 72.9 Å². The molecule has 0 bridgehead atoms. The van der Waals surface area contributed by atoms with E-state index in [9.17, 15) is 14.7 Å². The van der Waals surface area contributed by atoms with Gasteiger partial charge in [0.1, 0.15) is 5.54 Å². The summed E-state index contributed by atoms with van der Waals surface area (Å²) in [4.78, 5) is 28.9. The highest BCUT2D eigenvalue weighted by molar-refractivity contribution is 6.07. The van der Waals surface area contributed by atoms with Gasteiger partial charge < -0.3 is 10.4 Å². The number of nitrogens with zero attached hydrogens (tertiary/aromatic N) is 2. The van der Waals surface area contributed by atoms with E-state index in [2.05, 4.69) is 10.2 Å². The molecule has 25 heavy (non-hydrogen) atoms. The van der Waals surface area contributed by atoms with Gasteiger partial charge in [-0.1, -0.05) is 25.7 Å². The van der Waals surface area contributed by atoms with Gasteiger partial charge in [-0.25, -0.2) is 4.79 Å². The minimum atomic E-state index is -0.596. The van der Waals surface area contributed by atoms with Gasteiger partial charge in [0.15, 0.2) is 0 Å². The molecule has 4 rings (SSSR count). The Kier molecular flexibility index (Phi) is 4.75. The first kappa shape index (κ1) is 17.3. The van der Waals surface area contributed by atoms with E-state index in [-0.39, 0.29) is 18.0 Å². The summed E-state index contributed by atoms with van der Waals surface area (Å²) in [7, 11) is 0. The fourth-order valence-electron chi connectivity index (χ4n) is 5.63. The van der Waals surface area contributed by atoms with Gasteiger partial charge in [0.2, 0.25) is 0 Å². The van der Waals surface area contributed by atoms with Crippen molar-refractivity contribution in [3.05, 3.63) is 0 Å². The molecular weight excluding hydrogens is 318 g/mol. The van der Waals surface area contributed by atoms with E-state index in [1.165, 1.54) is 11.3 Å². The summed E-state index contributed by atoms with van der Waals surface area (Å²) in [5, 5.41) is 13.4. The zero-order valence-electron chi connectivity index (χ0n) is 15.1. The first-order valence-corrected chi connectivity index (χ1v) is 10.2. The number of imide groups is 1. The van der Waals surface area contributed by atoms with E-state index < -0.39 is 5.54 Å². The molecule has 0 radical (unpaired) electrons. The van der Waals surface area contributed by atoms with Gasteiger partial charge in [-0.05, 0) is 45.1 Å². The van der Waals surface area contributed by atoms with Crippen molar-refractivity contribution in [2.24, 2.45) is 5.92 Å². The normalized spacial score (nSPS) is 35.7. The van der Waals surface area contributed by atoms with Gasteiger partial charge in [-0.2, -0.15) is 0 Å². The number of hydrogen-bond acceptors (Lipinski definition) is 4. The molecule has 1 spiro atoms. The van der Waals surface area contributed by atoms with Crippen molar-refractivity contribution in [1.82, 2.24) is 15.1 Å². The molecule has 2 aliphatic heterocycles. The summed E-state index contributed by atoms with van der Waals surface area (Å²) in [5.41, 5.74) is -0.596. The van der Waals surface area contributed by atoms with Crippen molar-refractivity contribution < 1.29 is 14.7 Å². The largest absolute Gasteiger partial charge is 0.393 e. The Morgan fingerprint density at radius 3 is 2.52 bits per heavy atom. The maximum atomic E-state index is 12.8. The summed E-state index contributed by atoms with van der Waals surface area (Å²) in [6, 6.07) is 0.205. The van der Waals surface area contributed by atoms with Crippen molar-refractivity contribution >= 4 is 11.9 Å². The van der Waals surface area contributed by atoms with Crippen molar-refractivity contribution in [1.29, 1.82) is 0 Å². The Bertz CT molecular complexity index is 532. The molecule has 2 aliphatic carbocycles. The van der Waals surface area contributed by atoms with Gasteiger partial charge in [-0.15, -0.1) is 0 Å². The average Bonchev–Trinajstić information content (AvgIpc) is 3.29. The fourth-order valence-corrected chi connectivity index (χ4v) is 5.63. The van der Waals surface area contributed by atoms with Crippen LogP contribution in [0.4, 0.5) is 4.79 Å². The smallest absolute Gasteiger partial charge is 0.325 e. The van der Waals surface area contributed by atoms with Crippen LogP contribution >= 0.6 is 0 Å². The maximum absolute atomic E-state index is 12.8. The standard InChI is InChI=1S/C19H31N3O3/c23-16-8-2-1-6-14(16)15-7-5-11-21(15)12-13-22-17(24)19(20-18(22)25)9-3-4-10-19/h14-16,23H,1-13H2,(H,20,25)/t14-,15+,16-/m0/s1. The van der Waals surface area contributed by atoms with Crippen molar-refractivity contribution in [3.63, 3.8) is 0 Å². The van der Waals surface area contributed by atoms with Crippen LogP contribution in [0.1, 0.15) is 64.2 Å². The third kappa shape index (κ3) is 3.08. The van der Waals surface area contributed by atoms with Gasteiger partial charge in [0.25, 0.3) is 5.91 Å². The summed E-state index contributed by atoms with van der Waals surface area (Å²) in [6.07, 6.45) is 10.1. The predicted molar refractivity (Wildman–Crippen MR) is 94.0 cm³/mol. The lowest BCUT2D eigenvalue weighted by atomic mass is 9.80. The van der Waals surface area contributed by atoms with Crippen LogP contribution in [0.15, 0.2) is 0 Å². The van der Waals surface area contributed by atoms with Crippen molar-refractivity contribution in [2.75, 3.05) is 19.6 Å². The molecule has 2 heterocycles. The lowest BCUT2D eigenvalue weighted by molar-refractivity contribution is -0.131. The first-order chi connectivity index (χ1) is 12.1. The van der Waals surface area contributed by atoms with E-state index in [1.807, 2.05) is 0 Å². The molecule has 0 aromatic heterocycles. The minimum absolute atomic E-state index is 0.0107. The second kappa shape index (κ2) is 6.88. The van der Waals surface area contributed by atoms with E-state index in [1.54, 1.807) is 0 Å². The van der Waals surface area contributed by atoms with Gasteiger partial charge in [0.05, 0.1) is 6.10 Å². The summed E-state index contributed by atoms with van der Waals surface area (Å²) < 4.78 is 0. The number of aliphatic hydroxyl groups is 1. The van der Waals surface area contributed by atoms with Crippen LogP contribution in [0.2, 0.25) is 0 Å². The molecule has 0 aromatic carbocycles. The number of carbonyl (C=O) groups is 2. The number of carbonyl (C=O) groups excluding carboxylic acids is 2. The van der Waals surface area contributed by atoms with Gasteiger partial charge >= 0.3 is 6.03 Å². The third-order valence-electron chi connectivity index (χ3n) is 7.00. The number of aliphatic hydroxyl groups excluding tert-OH is 1. The second-order valence-corrected chi connectivity index (χ2v) is 8.44. The molecule has 4 aliphatic rings. The number of amides is 3. The fraction of sp³-hybridized carbons (Fsp3) is 0.895. The quantitative estimate of drug-likeness (QED) is 0.760. The third-order valence-corrected chi connectivity index (χ3v) is 7.00. The zero-order chi connectivity index (χ0) is 17.4. The molecule has 140 valence electrons. The molecular formula is C19H31N3O3. The second-order valence-electron chi connectivity index (χ2n) is 8.44. The SMILES string of the molecule is O=C1NC2(CCCC2)C(=O)N1CCN1CCC[C@@H]1[C@@H]1CCCC[C@@H]1O. The van der Waals surface area contributed by atoms with Gasteiger partial charge in [-0.3, -0.25) is 14.6 Å². The summed E-state index contributed by atoms with van der Waals surface area (Å²) >= 11 is 0. The zero-order valence-corrected chi connectivity index (χ0v) is 15.1. The number of rotatable bonds is 4. The van der Waals surface area contributed by atoms with Crippen LogP contribution in [0, 0.1) is 5.92 Å². The van der Waals surface area contributed by atoms with Crippen LogP contribution in [0.25, 0.3) is 0 Å². The van der Waals surface area contributed by atoms with Crippen molar-refractivity contribution in [2.45, 2.75) is 81.9 Å². The molecule has 2 saturated heterocycles. The molecule has 0 unspecified atom stereocenters. The van der Waals surface area contributed by atoms with Gasteiger partial charge in [0, 0.05) is 25.0 Å². The monoisotopic (exact) mass is 349 g/mol. The van der Waals surface area contributed by atoms with E-state index in [4.69, 9.17) is 0 Å². The summed E-state index contributed by atoms with van der Waals surface area (Å²) in [5.74, 6) is 0.351. The highest BCUT2D eigenvalue weighted by Crippen LogP contribution is 2.36. The van der Waals surface area contributed by atoms with Crippen molar-refractivity contribution in [3.8, 4) is 0 Å². The molecule has 2 N–H and O–H groups in total. The molecule has 2 saturated carbocycles. The highest BCUT2D eigenvalue weighted by Gasteiger charge is 2.52. The van der Waals surface area contributed by atoms with E-state index in [0.717, 1.165) is 70.9 Å². The highest BCUT2D eigenvalue weighted by atomic mass is 16.3. The molecule has 3 amide bonds. The maximum Gasteiger partial charge on any atom is 0.325 e. The predicted octanol–water partition coefficient (Wildman–Crippen LogP) is 1.87.